The first-order chi connectivity index (χ1) is 11.9. The van der Waals surface area contributed by atoms with Crippen molar-refractivity contribution < 1.29 is 4.74 Å². The van der Waals surface area contributed by atoms with Crippen LogP contribution in [0.4, 0.5) is 5.69 Å². The zero-order valence-corrected chi connectivity index (χ0v) is 13.5. The predicted octanol–water partition coefficient (Wildman–Crippen LogP) is 2.98. The molecule has 0 amide bonds. The number of nitrogens with zero attached hydrogens (tertiary/aromatic N) is 3. The van der Waals surface area contributed by atoms with Crippen LogP contribution in [0.5, 0.6) is 5.75 Å². The number of ether oxygens (including phenoxy) is 1. The highest BCUT2D eigenvalue weighted by Gasteiger charge is 1.98. The van der Waals surface area contributed by atoms with Crippen molar-refractivity contribution in [1.29, 1.82) is 5.26 Å². The number of unbranched alkanes of at least 4 members (excludes halogenated alkanes) is 2. The van der Waals surface area contributed by atoms with Crippen LogP contribution in [0.25, 0.3) is 0 Å². The van der Waals surface area contributed by atoms with E-state index in [1.807, 2.05) is 42.6 Å². The van der Waals surface area contributed by atoms with Crippen molar-refractivity contribution in [2.24, 2.45) is 4.99 Å². The van der Waals surface area contributed by atoms with Gasteiger partial charge in [0.2, 0.25) is 5.96 Å². The first-order valence-electron chi connectivity index (χ1n) is 7.94. The van der Waals surface area contributed by atoms with Crippen LogP contribution in [0, 0.1) is 11.5 Å². The fraction of sp³-hybridized carbons (Fsp3) is 0.278. The molecule has 24 heavy (non-hydrogen) atoms. The van der Waals surface area contributed by atoms with Gasteiger partial charge in [-0.3, -0.25) is 10.3 Å². The van der Waals surface area contributed by atoms with E-state index in [2.05, 4.69) is 20.6 Å². The third kappa shape index (κ3) is 6.79. The van der Waals surface area contributed by atoms with Gasteiger partial charge in [-0.05, 0) is 43.5 Å². The lowest BCUT2D eigenvalue weighted by Gasteiger charge is -2.08. The van der Waals surface area contributed by atoms with E-state index in [-0.39, 0.29) is 0 Å². The maximum atomic E-state index is 8.78. The molecule has 0 aliphatic rings. The Balaban J connectivity index is 1.63. The predicted molar refractivity (Wildman–Crippen MR) is 93.9 cm³/mol. The second-order valence-corrected chi connectivity index (χ2v) is 5.06. The Morgan fingerprint density at radius 1 is 1.12 bits per heavy atom. The minimum Gasteiger partial charge on any atom is -0.494 e. The molecule has 6 heteroatoms. The van der Waals surface area contributed by atoms with Crippen molar-refractivity contribution in [3.63, 3.8) is 0 Å². The fourth-order valence-electron chi connectivity index (χ4n) is 2.03. The van der Waals surface area contributed by atoms with E-state index >= 15 is 0 Å². The number of hydrogen-bond acceptors (Lipinski definition) is 4. The summed E-state index contributed by atoms with van der Waals surface area (Å²) in [6, 6.07) is 13.4. The Hall–Kier alpha value is -3.07. The molecule has 0 saturated heterocycles. The van der Waals surface area contributed by atoms with Gasteiger partial charge in [-0.15, -0.1) is 0 Å². The summed E-state index contributed by atoms with van der Waals surface area (Å²) in [5.41, 5.74) is 0.694. The molecule has 0 aliphatic carbocycles. The summed E-state index contributed by atoms with van der Waals surface area (Å²) in [6.07, 6.45) is 8.19. The summed E-state index contributed by atoms with van der Waals surface area (Å²) < 4.78 is 5.64. The van der Waals surface area contributed by atoms with Gasteiger partial charge in [-0.2, -0.15) is 5.26 Å². The van der Waals surface area contributed by atoms with Crippen LogP contribution in [-0.2, 0) is 0 Å². The summed E-state index contributed by atoms with van der Waals surface area (Å²) >= 11 is 0. The summed E-state index contributed by atoms with van der Waals surface area (Å²) in [7, 11) is 0. The summed E-state index contributed by atoms with van der Waals surface area (Å²) in [6.45, 7) is 1.44. The van der Waals surface area contributed by atoms with E-state index in [0.717, 1.165) is 31.6 Å². The molecule has 2 aromatic rings. The van der Waals surface area contributed by atoms with Crippen LogP contribution < -0.4 is 15.4 Å². The molecule has 0 fully saturated rings. The largest absolute Gasteiger partial charge is 0.494 e. The van der Waals surface area contributed by atoms with Gasteiger partial charge in [0, 0.05) is 12.7 Å². The van der Waals surface area contributed by atoms with Gasteiger partial charge in [0.25, 0.3) is 0 Å². The first kappa shape index (κ1) is 17.3. The van der Waals surface area contributed by atoms with Crippen molar-refractivity contribution in [2.45, 2.75) is 19.3 Å². The average Bonchev–Trinajstić information content (AvgIpc) is 2.63. The number of benzene rings is 1. The Morgan fingerprint density at radius 3 is 2.75 bits per heavy atom. The smallest absolute Gasteiger partial charge is 0.209 e. The van der Waals surface area contributed by atoms with Gasteiger partial charge in [-0.25, -0.2) is 4.99 Å². The lowest BCUT2D eigenvalue weighted by Crippen LogP contribution is -2.34. The van der Waals surface area contributed by atoms with Gasteiger partial charge in [0.05, 0.1) is 18.5 Å². The first-order valence-corrected chi connectivity index (χ1v) is 7.94. The van der Waals surface area contributed by atoms with Crippen LogP contribution in [0.3, 0.4) is 0 Å². The number of aromatic nitrogens is 1. The summed E-state index contributed by atoms with van der Waals surface area (Å²) in [5, 5.41) is 14.5. The molecular weight excluding hydrogens is 302 g/mol. The highest BCUT2D eigenvalue weighted by atomic mass is 16.5. The van der Waals surface area contributed by atoms with Crippen LogP contribution in [-0.4, -0.2) is 24.1 Å². The van der Waals surface area contributed by atoms with E-state index < -0.39 is 0 Å². The minimum atomic E-state index is 0.436. The number of nitriles is 1. The summed E-state index contributed by atoms with van der Waals surface area (Å²) in [4.78, 5) is 8.30. The maximum Gasteiger partial charge on any atom is 0.209 e. The van der Waals surface area contributed by atoms with E-state index in [9.17, 15) is 0 Å². The van der Waals surface area contributed by atoms with Crippen LogP contribution in [0.1, 0.15) is 19.3 Å². The van der Waals surface area contributed by atoms with Crippen molar-refractivity contribution in [1.82, 2.24) is 15.6 Å². The second kappa shape index (κ2) is 10.6. The van der Waals surface area contributed by atoms with E-state index in [1.54, 1.807) is 18.5 Å². The number of hydrogen-bond donors (Lipinski definition) is 2. The zero-order chi connectivity index (χ0) is 16.9. The van der Waals surface area contributed by atoms with Gasteiger partial charge in [0.15, 0.2) is 6.19 Å². The lowest BCUT2D eigenvalue weighted by molar-refractivity contribution is 0.305. The van der Waals surface area contributed by atoms with Crippen LogP contribution >= 0.6 is 0 Å². The zero-order valence-electron chi connectivity index (χ0n) is 13.5. The van der Waals surface area contributed by atoms with Gasteiger partial charge in [0.1, 0.15) is 5.75 Å². The molecule has 1 aromatic heterocycles. The highest BCUT2D eigenvalue weighted by molar-refractivity contribution is 5.83. The van der Waals surface area contributed by atoms with Gasteiger partial charge < -0.3 is 10.1 Å². The second-order valence-electron chi connectivity index (χ2n) is 5.06. The number of aliphatic imine (C=N–C) groups is 1. The molecule has 2 N–H and O–H groups in total. The molecule has 0 radical (unpaired) electrons. The molecule has 6 nitrogen and oxygen atoms in total. The topological polar surface area (TPSA) is 82.3 Å². The molecule has 1 aromatic carbocycles. The number of nitrogens with one attached hydrogen (secondary N) is 2. The van der Waals surface area contributed by atoms with Crippen molar-refractivity contribution in [3.8, 4) is 11.9 Å². The molecule has 0 atom stereocenters. The third-order valence-electron chi connectivity index (χ3n) is 3.19. The molecule has 0 aliphatic heterocycles. The van der Waals surface area contributed by atoms with Crippen molar-refractivity contribution in [3.05, 3.63) is 54.9 Å². The Kier molecular flexibility index (Phi) is 7.65. The third-order valence-corrected chi connectivity index (χ3v) is 3.19. The molecule has 0 spiro atoms. The number of guanidine groups is 1. The Morgan fingerprint density at radius 2 is 2.00 bits per heavy atom. The van der Waals surface area contributed by atoms with E-state index in [0.29, 0.717) is 18.3 Å². The average molecular weight is 323 g/mol. The van der Waals surface area contributed by atoms with E-state index in [1.165, 1.54) is 0 Å². The van der Waals surface area contributed by atoms with Gasteiger partial charge >= 0.3 is 0 Å². The molecule has 0 bridgehead atoms. The molecule has 0 unspecified atom stereocenters. The van der Waals surface area contributed by atoms with Crippen molar-refractivity contribution >= 4 is 11.6 Å². The van der Waals surface area contributed by atoms with Crippen LogP contribution in [0.15, 0.2) is 59.9 Å². The van der Waals surface area contributed by atoms with E-state index in [4.69, 9.17) is 10.00 Å². The highest BCUT2D eigenvalue weighted by Crippen LogP contribution is 2.09. The Bertz CT molecular complexity index is 652. The Labute approximate surface area is 142 Å². The number of rotatable bonds is 8. The van der Waals surface area contributed by atoms with Gasteiger partial charge in [-0.1, -0.05) is 18.2 Å². The maximum absolute atomic E-state index is 8.78. The normalized spacial score (nSPS) is 10.7. The molecule has 124 valence electrons. The molecule has 2 rings (SSSR count). The minimum absolute atomic E-state index is 0.436. The monoisotopic (exact) mass is 323 g/mol. The summed E-state index contributed by atoms with van der Waals surface area (Å²) in [5.74, 6) is 1.34. The number of para-hydroxylation sites is 1. The lowest BCUT2D eigenvalue weighted by atomic mass is 10.2. The molecular formula is C18H21N5O. The molecule has 1 heterocycles. The van der Waals surface area contributed by atoms with Crippen LogP contribution in [0.2, 0.25) is 0 Å². The molecule has 0 saturated carbocycles. The van der Waals surface area contributed by atoms with Crippen molar-refractivity contribution in [2.75, 3.05) is 13.2 Å². The quantitative estimate of drug-likeness (QED) is 0.257. The SMILES string of the molecule is N#CN/C(=N\c1cccnc1)NCCCCCOc1ccccc1. The fourth-order valence-corrected chi connectivity index (χ4v) is 2.03. The number of pyridine rings is 1. The standard InChI is InChI=1S/C18H21N5O/c19-15-22-18(23-16-8-7-11-20-14-16)21-12-5-2-6-13-24-17-9-3-1-4-10-17/h1,3-4,7-11,14H,2,5-6,12-13H2,(H2,21,22,23).